The van der Waals surface area contributed by atoms with Crippen LogP contribution in [-0.2, 0) is 294 Å². The molecule has 0 N–H and O–H groups in total. The van der Waals surface area contributed by atoms with Crippen molar-refractivity contribution in [2.75, 3.05) is 0 Å². The molecule has 0 aromatic heterocycles. The molecule has 0 amide bonds. The predicted molar refractivity (Wildman–Crippen MR) is 182 cm³/mol. The van der Waals surface area contributed by atoms with Crippen LogP contribution in [0.15, 0.2) is 0 Å². The summed E-state index contributed by atoms with van der Waals surface area (Å²) < 4.78 is 0. The Morgan fingerprint density at radius 1 is 0.158 bits per heavy atom. The quantitative estimate of drug-likeness (QED) is 0.212. The van der Waals surface area contributed by atoms with Gasteiger partial charge in [0.2, 0.25) is 0 Å². The molecule has 9 heteroatoms. The van der Waals surface area contributed by atoms with Crippen LogP contribution in [0.25, 0.3) is 0 Å². The molecule has 0 spiro atoms. The third kappa shape index (κ3) is 940. The average Bonchev–Trinajstić information content (AvgIpc) is 1.50. The van der Waals surface area contributed by atoms with Crippen molar-refractivity contribution in [3.05, 3.63) is 200 Å². The van der Waals surface area contributed by atoms with E-state index < -0.39 is 0 Å². The molecule has 0 aliphatic carbocycles. The van der Waals surface area contributed by atoms with Gasteiger partial charge >= 0.3 is 229 Å². The Hall–Kier alpha value is 9.94. The zero-order valence-electron chi connectivity index (χ0n) is 33.6. The van der Waals surface area contributed by atoms with E-state index in [9.17, 15) is 0 Å². The Bertz CT molecular complexity index is 30.0. The molecule has 0 bridgehead atoms. The van der Waals surface area contributed by atoms with Gasteiger partial charge in [-0.15, -0.1) is 0 Å². The van der Waals surface area contributed by atoms with E-state index in [1.165, 1.54) is 0 Å². The minimum absolute atomic E-state index is 0. The van der Waals surface area contributed by atoms with Gasteiger partial charge in [0.15, 0.2) is 0 Å². The first-order chi connectivity index (χ1) is 2.00. The van der Waals surface area contributed by atoms with Crippen molar-refractivity contribution in [1.29, 1.82) is 0 Å². The summed E-state index contributed by atoms with van der Waals surface area (Å²) >= 11 is 0. The van der Waals surface area contributed by atoms with Crippen LogP contribution in [0, 0.1) is 200 Å². The van der Waals surface area contributed by atoms with Crippen LogP contribution in [-0.4, -0.2) is 0 Å². The molecule has 0 atom stereocenters. The van der Waals surface area contributed by atoms with Crippen LogP contribution in [0.3, 0.4) is 0 Å². The molecule has 0 nitrogen and oxygen atoms in total. The van der Waals surface area contributed by atoms with Crippen LogP contribution >= 0.6 is 0 Å². The molecular formula is C29H85Y9-6. The van der Waals surface area contributed by atoms with Gasteiger partial charge in [-0.1, -0.05) is 0 Å². The van der Waals surface area contributed by atoms with Gasteiger partial charge in [0.25, 0.3) is 0 Å². The molecule has 0 aliphatic heterocycles. The van der Waals surface area contributed by atoms with Gasteiger partial charge in [-0.3, -0.25) is 0 Å². The van der Waals surface area contributed by atoms with Gasteiger partial charge in [0.1, 0.15) is 0 Å². The van der Waals surface area contributed by atoms with Gasteiger partial charge in [-0.2, -0.15) is 13.8 Å². The molecular weight excluding hydrogens is 1150 g/mol. The fourth-order valence-corrected chi connectivity index (χ4v) is 0. The third-order valence-electron chi connectivity index (χ3n) is 0. The van der Waals surface area contributed by atoms with Crippen LogP contribution in [0.5, 0.6) is 0 Å². The summed E-state index contributed by atoms with van der Waals surface area (Å²) in [4.78, 5) is 0. The van der Waals surface area contributed by atoms with Gasteiger partial charge < -0.3 is 200 Å². The minimum Gasteiger partial charge on any atom is -0.358 e. The van der Waals surface area contributed by atoms with E-state index in [2.05, 4.69) is 13.8 Å². The summed E-state index contributed by atoms with van der Waals surface area (Å²) in [7, 11) is 0. The third-order valence-corrected chi connectivity index (χ3v) is 0. The summed E-state index contributed by atoms with van der Waals surface area (Å²) in [6, 6.07) is 0. The molecule has 0 heterocycles. The molecule has 0 fully saturated rings. The monoisotopic (exact) mass is 1230 g/mol. The SMILES string of the molecule is [CH2-]C.[CH2-]C.[CH3-].[CH3-].[CH3-].[CH3-].[CH3-].[CH3-].[CH3-].[CH3-].[CH3-].[CH3-].[CH3-].[CH3-].[CH3-].[CH3-].[CH3-].[CH3-].[CH3-].[CH3-].[CH3-].[CH3-].[CH3-].[CH3-].[CH3-].[CH3-].[CH3-].[Y+3].[Y+3].[Y+3].[Y+3].[Y+3].[Y+3].[Y+3].[Y].[Y]. The van der Waals surface area contributed by atoms with Crippen molar-refractivity contribution < 1.29 is 294 Å². The summed E-state index contributed by atoms with van der Waals surface area (Å²) in [5.41, 5.74) is 0. The Morgan fingerprint density at radius 2 is 0.158 bits per heavy atom. The van der Waals surface area contributed by atoms with E-state index in [1.807, 2.05) is 0 Å². The fraction of sp³-hybridized carbons (Fsp3) is 0.0690. The fourth-order valence-electron chi connectivity index (χ4n) is 0. The standard InChI is InChI=1S/2C2H5.25CH3.9Y/c2*1-2;;;;;;;;;;;;;;;;;;;;;;;;;;;;;;;;;;/h2*1H2,2H3;25*1H3;;;;;;;;;/q27*-1;;;7*+3. The maximum Gasteiger partial charge on any atom is 3.00 e. The summed E-state index contributed by atoms with van der Waals surface area (Å²) in [5, 5.41) is 0. The molecule has 0 aliphatic rings. The predicted octanol–water partition coefficient (Wildman–Crippen LogP) is 12.9. The molecule has 2 radical (unpaired) electrons. The zero-order chi connectivity index (χ0) is 4.00. The van der Waals surface area contributed by atoms with Crippen LogP contribution in [0.1, 0.15) is 13.8 Å². The minimum atomic E-state index is 0. The zero-order valence-corrected chi connectivity index (χ0v) is 59.2. The van der Waals surface area contributed by atoms with E-state index in [-0.39, 0.29) is 480 Å². The second-order valence-electron chi connectivity index (χ2n) is 0. The number of hydrogen-bond acceptors (Lipinski definition) is 0. The molecule has 0 rings (SSSR count). The Morgan fingerprint density at radius 3 is 0.158 bits per heavy atom. The van der Waals surface area contributed by atoms with E-state index in [1.54, 1.807) is 13.8 Å². The first-order valence-corrected chi connectivity index (χ1v) is 1.41. The molecule has 0 saturated carbocycles. The summed E-state index contributed by atoms with van der Waals surface area (Å²) in [5.74, 6) is 0. The average molecular weight is 1230 g/mol. The van der Waals surface area contributed by atoms with Gasteiger partial charge in [-0.05, 0) is 0 Å². The van der Waals surface area contributed by atoms with E-state index in [0.29, 0.717) is 0 Å². The Balaban J connectivity index is -0.0000000000327. The van der Waals surface area contributed by atoms with Gasteiger partial charge in [0.05, 0.1) is 0 Å². The second kappa shape index (κ2) is 1000. The number of hydrogen-bond donors (Lipinski definition) is 0. The van der Waals surface area contributed by atoms with Crippen molar-refractivity contribution in [1.82, 2.24) is 0 Å². The first kappa shape index (κ1) is 741. The van der Waals surface area contributed by atoms with E-state index >= 15 is 0 Å². The van der Waals surface area contributed by atoms with Crippen molar-refractivity contribution in [2.45, 2.75) is 13.8 Å². The smallest absolute Gasteiger partial charge is 0.358 e. The summed E-state index contributed by atoms with van der Waals surface area (Å²) in [6.45, 7) is 10.0. The number of rotatable bonds is 0. The molecule has 234 valence electrons. The largest absolute Gasteiger partial charge is 3.00 e. The van der Waals surface area contributed by atoms with E-state index in [0.717, 1.165) is 0 Å². The molecule has 0 aromatic carbocycles. The maximum atomic E-state index is 3.25. The maximum absolute atomic E-state index is 3.25. The van der Waals surface area contributed by atoms with Crippen LogP contribution < -0.4 is 0 Å². The van der Waals surface area contributed by atoms with Crippen LogP contribution in [0.4, 0.5) is 0 Å². The molecule has 0 saturated heterocycles. The normalized spacial score (nSPS) is 0.316. The topological polar surface area (TPSA) is 0 Å². The van der Waals surface area contributed by atoms with Gasteiger partial charge in [-0.25, -0.2) is 0 Å². The Kier molecular flexibility index (Phi) is 19600. The van der Waals surface area contributed by atoms with Crippen molar-refractivity contribution in [2.24, 2.45) is 0 Å². The molecule has 0 unspecified atom stereocenters. The summed E-state index contributed by atoms with van der Waals surface area (Å²) in [6.07, 6.45) is 0. The van der Waals surface area contributed by atoms with Crippen molar-refractivity contribution >= 4 is 0 Å². The Labute approximate surface area is 496 Å². The van der Waals surface area contributed by atoms with Crippen molar-refractivity contribution in [3.63, 3.8) is 0 Å². The van der Waals surface area contributed by atoms with Crippen molar-refractivity contribution in [3.8, 4) is 0 Å². The first-order valence-electron chi connectivity index (χ1n) is 1.41. The van der Waals surface area contributed by atoms with Gasteiger partial charge in [0, 0.05) is 65.4 Å². The molecule has 0 aromatic rings. The molecule has 38 heavy (non-hydrogen) atoms. The second-order valence-corrected chi connectivity index (χ2v) is 0. The van der Waals surface area contributed by atoms with Crippen LogP contribution in [0.2, 0.25) is 0 Å². The van der Waals surface area contributed by atoms with E-state index in [4.69, 9.17) is 0 Å².